The van der Waals surface area contributed by atoms with Crippen LogP contribution in [-0.2, 0) is 16.0 Å². The summed E-state index contributed by atoms with van der Waals surface area (Å²) in [7, 11) is 1.64. The molecule has 1 aliphatic heterocycles. The second kappa shape index (κ2) is 10.3. The van der Waals surface area contributed by atoms with E-state index in [1.807, 2.05) is 84.9 Å². The van der Waals surface area contributed by atoms with Crippen LogP contribution in [0.4, 0.5) is 0 Å². The van der Waals surface area contributed by atoms with Crippen LogP contribution in [0.1, 0.15) is 48.4 Å². The maximum atomic E-state index is 13.1. The quantitative estimate of drug-likeness (QED) is 0.510. The van der Waals surface area contributed by atoms with Gasteiger partial charge in [-0.2, -0.15) is 0 Å². The van der Waals surface area contributed by atoms with E-state index in [-0.39, 0.29) is 17.9 Å². The fraction of sp³-hybridized carbons (Fsp3) is 0.286. The van der Waals surface area contributed by atoms with E-state index in [0.717, 1.165) is 28.9 Å². The van der Waals surface area contributed by atoms with Crippen LogP contribution in [0.25, 0.3) is 0 Å². The van der Waals surface area contributed by atoms with Crippen molar-refractivity contribution in [1.82, 2.24) is 10.6 Å². The van der Waals surface area contributed by atoms with Crippen LogP contribution in [0.5, 0.6) is 5.75 Å². The molecule has 170 valence electrons. The fourth-order valence-corrected chi connectivity index (χ4v) is 4.55. The minimum Gasteiger partial charge on any atom is -0.497 e. The Balaban J connectivity index is 1.45. The van der Waals surface area contributed by atoms with Gasteiger partial charge in [-0.1, -0.05) is 72.8 Å². The third-order valence-electron chi connectivity index (χ3n) is 6.34. The molecule has 0 aliphatic carbocycles. The van der Waals surface area contributed by atoms with Crippen molar-refractivity contribution in [3.8, 4) is 5.75 Å². The number of carbonyl (C=O) groups excluding carboxylic acids is 2. The predicted molar refractivity (Wildman–Crippen MR) is 129 cm³/mol. The van der Waals surface area contributed by atoms with Crippen molar-refractivity contribution in [1.29, 1.82) is 0 Å². The molecular weight excluding hydrogens is 412 g/mol. The first-order valence-corrected chi connectivity index (χ1v) is 11.4. The Labute approximate surface area is 195 Å². The average molecular weight is 443 g/mol. The lowest BCUT2D eigenvalue weighted by molar-refractivity contribution is -0.123. The lowest BCUT2D eigenvalue weighted by Gasteiger charge is -2.30. The zero-order valence-electron chi connectivity index (χ0n) is 18.9. The molecule has 1 saturated heterocycles. The normalized spacial score (nSPS) is 17.6. The summed E-state index contributed by atoms with van der Waals surface area (Å²) in [6.45, 7) is 0. The van der Waals surface area contributed by atoms with Gasteiger partial charge in [-0.3, -0.25) is 9.59 Å². The topological polar surface area (TPSA) is 67.4 Å². The van der Waals surface area contributed by atoms with Gasteiger partial charge in [0.05, 0.1) is 13.2 Å². The first-order valence-electron chi connectivity index (χ1n) is 11.4. The van der Waals surface area contributed by atoms with E-state index in [1.54, 1.807) is 7.11 Å². The summed E-state index contributed by atoms with van der Waals surface area (Å²) < 4.78 is 5.25. The Kier molecular flexibility index (Phi) is 7.08. The molecule has 5 nitrogen and oxygen atoms in total. The molecule has 2 N–H and O–H groups in total. The summed E-state index contributed by atoms with van der Waals surface area (Å²) in [6, 6.07) is 27.7. The van der Waals surface area contributed by atoms with Crippen LogP contribution in [0.2, 0.25) is 0 Å². The van der Waals surface area contributed by atoms with E-state index in [0.29, 0.717) is 25.7 Å². The van der Waals surface area contributed by atoms with E-state index in [1.165, 1.54) is 0 Å². The molecule has 0 aromatic heterocycles. The number of nitrogens with one attached hydrogen (secondary N) is 2. The summed E-state index contributed by atoms with van der Waals surface area (Å²) in [4.78, 5) is 25.2. The molecule has 3 aromatic carbocycles. The Morgan fingerprint density at radius 2 is 1.58 bits per heavy atom. The highest BCUT2D eigenvalue weighted by Gasteiger charge is 2.38. The molecular formula is C28H30N2O3. The zero-order valence-corrected chi connectivity index (χ0v) is 18.9. The minimum absolute atomic E-state index is 0.0250. The monoisotopic (exact) mass is 442 g/mol. The molecule has 0 bridgehead atoms. The van der Waals surface area contributed by atoms with Crippen molar-refractivity contribution in [2.75, 3.05) is 7.11 Å². The third-order valence-corrected chi connectivity index (χ3v) is 6.34. The number of amides is 2. The molecule has 3 aromatic rings. The highest BCUT2D eigenvalue weighted by atomic mass is 16.5. The predicted octanol–water partition coefficient (Wildman–Crippen LogP) is 4.57. The largest absolute Gasteiger partial charge is 0.497 e. The molecule has 1 aliphatic rings. The first-order chi connectivity index (χ1) is 16.1. The van der Waals surface area contributed by atoms with Crippen molar-refractivity contribution in [2.24, 2.45) is 0 Å². The molecule has 5 heteroatoms. The van der Waals surface area contributed by atoms with E-state index < -0.39 is 5.54 Å². The van der Waals surface area contributed by atoms with Crippen LogP contribution < -0.4 is 15.4 Å². The summed E-state index contributed by atoms with van der Waals surface area (Å²) in [5, 5.41) is 6.38. The smallest absolute Gasteiger partial charge is 0.220 e. The van der Waals surface area contributed by atoms with Crippen molar-refractivity contribution in [3.63, 3.8) is 0 Å². The molecule has 1 fully saturated rings. The molecule has 2 amide bonds. The van der Waals surface area contributed by atoms with Gasteiger partial charge in [0.2, 0.25) is 11.8 Å². The van der Waals surface area contributed by atoms with Gasteiger partial charge < -0.3 is 15.4 Å². The van der Waals surface area contributed by atoms with Gasteiger partial charge in [0.15, 0.2) is 0 Å². The number of hydrogen-bond acceptors (Lipinski definition) is 3. The summed E-state index contributed by atoms with van der Waals surface area (Å²) in [5.41, 5.74) is 2.79. The van der Waals surface area contributed by atoms with Gasteiger partial charge >= 0.3 is 0 Å². The zero-order chi connectivity index (χ0) is 23.1. The van der Waals surface area contributed by atoms with Crippen LogP contribution in [0.3, 0.4) is 0 Å². The van der Waals surface area contributed by atoms with E-state index in [2.05, 4.69) is 10.6 Å². The lowest BCUT2D eigenvalue weighted by atomic mass is 9.85. The van der Waals surface area contributed by atoms with Gasteiger partial charge in [-0.15, -0.1) is 0 Å². The van der Waals surface area contributed by atoms with Gasteiger partial charge in [-0.05, 0) is 48.1 Å². The van der Waals surface area contributed by atoms with Crippen LogP contribution >= 0.6 is 0 Å². The van der Waals surface area contributed by atoms with Gasteiger partial charge in [0, 0.05) is 18.4 Å². The number of carbonyl (C=O) groups is 2. The van der Waals surface area contributed by atoms with E-state index >= 15 is 0 Å². The van der Waals surface area contributed by atoms with E-state index in [9.17, 15) is 9.59 Å². The Bertz CT molecular complexity index is 1030. The summed E-state index contributed by atoms with van der Waals surface area (Å²) >= 11 is 0. The highest BCUT2D eigenvalue weighted by molar-refractivity contribution is 5.80. The fourth-order valence-electron chi connectivity index (χ4n) is 4.55. The maximum Gasteiger partial charge on any atom is 0.220 e. The number of rotatable bonds is 9. The Morgan fingerprint density at radius 3 is 2.09 bits per heavy atom. The molecule has 0 unspecified atom stereocenters. The summed E-state index contributed by atoms with van der Waals surface area (Å²) in [6.07, 6.45) is 2.84. The van der Waals surface area contributed by atoms with Gasteiger partial charge in [0.1, 0.15) is 5.75 Å². The lowest BCUT2D eigenvalue weighted by Crippen LogP contribution is -2.44. The van der Waals surface area contributed by atoms with Crippen LogP contribution in [0, 0.1) is 0 Å². The SMILES string of the molecule is COc1ccc(C[C@]2(CCC(=O)NC(c3ccccc3)c3ccccc3)CCC(=O)N2)cc1. The minimum atomic E-state index is -0.405. The molecule has 33 heavy (non-hydrogen) atoms. The number of benzene rings is 3. The molecule has 1 heterocycles. The molecule has 4 rings (SSSR count). The molecule has 0 saturated carbocycles. The Morgan fingerprint density at radius 1 is 0.970 bits per heavy atom. The number of methoxy groups -OCH3 is 1. The van der Waals surface area contributed by atoms with Gasteiger partial charge in [0.25, 0.3) is 0 Å². The molecule has 0 radical (unpaired) electrons. The van der Waals surface area contributed by atoms with Crippen LogP contribution in [-0.4, -0.2) is 24.5 Å². The van der Waals surface area contributed by atoms with E-state index in [4.69, 9.17) is 4.74 Å². The van der Waals surface area contributed by atoms with Crippen molar-refractivity contribution < 1.29 is 14.3 Å². The third kappa shape index (κ3) is 5.80. The van der Waals surface area contributed by atoms with Crippen molar-refractivity contribution in [3.05, 3.63) is 102 Å². The second-order valence-corrected chi connectivity index (χ2v) is 8.68. The average Bonchev–Trinajstić information content (AvgIpc) is 3.23. The molecule has 1 atom stereocenters. The molecule has 0 spiro atoms. The number of ether oxygens (including phenoxy) is 1. The second-order valence-electron chi connectivity index (χ2n) is 8.68. The summed E-state index contributed by atoms with van der Waals surface area (Å²) in [5.74, 6) is 0.828. The Hall–Kier alpha value is -3.60. The maximum absolute atomic E-state index is 13.1. The number of hydrogen-bond donors (Lipinski definition) is 2. The van der Waals surface area contributed by atoms with Crippen LogP contribution in [0.15, 0.2) is 84.9 Å². The first kappa shape index (κ1) is 22.6. The van der Waals surface area contributed by atoms with Crippen molar-refractivity contribution in [2.45, 2.75) is 43.7 Å². The standard InChI is InChI=1S/C28H30N2O3/c1-33-24-14-12-21(13-15-24)20-28(19-17-26(32)30-28)18-16-25(31)29-27(22-8-4-2-5-9-22)23-10-6-3-7-11-23/h2-15,27H,16-20H2,1H3,(H,29,31)(H,30,32)/t28-/m0/s1. The highest BCUT2D eigenvalue weighted by Crippen LogP contribution is 2.30. The van der Waals surface area contributed by atoms with Crippen molar-refractivity contribution >= 4 is 11.8 Å². The van der Waals surface area contributed by atoms with Gasteiger partial charge in [-0.25, -0.2) is 0 Å².